The van der Waals surface area contributed by atoms with Gasteiger partial charge in [-0.15, -0.1) is 0 Å². The van der Waals surface area contributed by atoms with Gasteiger partial charge in [-0.2, -0.15) is 4.98 Å². The monoisotopic (exact) mass is 286 g/mol. The van der Waals surface area contributed by atoms with Gasteiger partial charge in [0.05, 0.1) is 6.61 Å². The molecule has 0 atom stereocenters. The molecule has 5 heteroatoms. The van der Waals surface area contributed by atoms with Crippen molar-refractivity contribution in [2.75, 3.05) is 23.8 Å². The molecule has 0 amide bonds. The Kier molecular flexibility index (Phi) is 4.98. The number of nitrogen functional groups attached to an aromatic ring is 1. The van der Waals surface area contributed by atoms with Crippen LogP contribution < -0.4 is 15.4 Å². The highest BCUT2D eigenvalue weighted by molar-refractivity contribution is 5.67. The maximum atomic E-state index is 6.15. The molecule has 1 heterocycles. The summed E-state index contributed by atoms with van der Waals surface area (Å²) in [6.45, 7) is 8.20. The van der Waals surface area contributed by atoms with E-state index in [0.29, 0.717) is 18.2 Å². The molecule has 5 nitrogen and oxygen atoms in total. The zero-order valence-electron chi connectivity index (χ0n) is 12.8. The summed E-state index contributed by atoms with van der Waals surface area (Å²) in [5, 5.41) is 0. The van der Waals surface area contributed by atoms with Crippen LogP contribution in [-0.4, -0.2) is 23.1 Å². The zero-order chi connectivity index (χ0) is 15.2. The van der Waals surface area contributed by atoms with Crippen LogP contribution in [0.1, 0.15) is 25.0 Å². The average molecular weight is 286 g/mol. The number of nitrogens with zero attached hydrogens (tertiary/aromatic N) is 3. The maximum absolute atomic E-state index is 6.15. The Morgan fingerprint density at radius 3 is 2.62 bits per heavy atom. The lowest BCUT2D eigenvalue weighted by Gasteiger charge is -2.24. The molecule has 2 N–H and O–H groups in total. The first-order valence-corrected chi connectivity index (χ1v) is 7.20. The Bertz CT molecular complexity index is 601. The molecule has 1 aromatic carbocycles. The van der Waals surface area contributed by atoms with Crippen LogP contribution in [0.15, 0.2) is 30.6 Å². The minimum absolute atomic E-state index is 0.450. The van der Waals surface area contributed by atoms with E-state index in [4.69, 9.17) is 10.5 Å². The van der Waals surface area contributed by atoms with Crippen LogP contribution >= 0.6 is 0 Å². The highest BCUT2D eigenvalue weighted by Crippen LogP contribution is 2.29. The molecule has 1 aromatic heterocycles. The minimum atomic E-state index is 0.450. The largest absolute Gasteiger partial charge is 0.476 e. The Hall–Kier alpha value is -2.30. The molecule has 0 bridgehead atoms. The van der Waals surface area contributed by atoms with Gasteiger partial charge in [0.15, 0.2) is 5.82 Å². The number of anilines is 2. The highest BCUT2D eigenvalue weighted by Gasteiger charge is 2.15. The predicted octanol–water partition coefficient (Wildman–Crippen LogP) is 2.79. The Balaban J connectivity index is 2.30. The van der Waals surface area contributed by atoms with E-state index in [-0.39, 0.29) is 0 Å². The van der Waals surface area contributed by atoms with Gasteiger partial charge in [-0.05, 0) is 31.9 Å². The maximum Gasteiger partial charge on any atom is 0.242 e. The van der Waals surface area contributed by atoms with Gasteiger partial charge in [-0.25, -0.2) is 4.98 Å². The summed E-state index contributed by atoms with van der Waals surface area (Å²) in [6, 6.07) is 8.32. The molecule has 0 saturated carbocycles. The molecule has 21 heavy (non-hydrogen) atoms. The number of aryl methyl sites for hydroxylation is 1. The quantitative estimate of drug-likeness (QED) is 0.884. The van der Waals surface area contributed by atoms with Crippen LogP contribution in [0, 0.1) is 6.92 Å². The van der Waals surface area contributed by atoms with Crippen molar-refractivity contribution in [1.29, 1.82) is 0 Å². The summed E-state index contributed by atoms with van der Waals surface area (Å²) >= 11 is 0. The van der Waals surface area contributed by atoms with E-state index in [1.54, 1.807) is 0 Å². The lowest BCUT2D eigenvalue weighted by atomic mass is 10.1. The number of ether oxygens (including phenoxy) is 1. The van der Waals surface area contributed by atoms with Gasteiger partial charge < -0.3 is 15.4 Å². The summed E-state index contributed by atoms with van der Waals surface area (Å²) in [5.74, 6) is 1.17. The number of benzene rings is 1. The first-order chi connectivity index (χ1) is 10.2. The van der Waals surface area contributed by atoms with Crippen molar-refractivity contribution in [2.45, 2.75) is 27.3 Å². The second-order valence-electron chi connectivity index (χ2n) is 4.79. The van der Waals surface area contributed by atoms with Gasteiger partial charge >= 0.3 is 0 Å². The number of aromatic nitrogens is 2. The summed E-state index contributed by atoms with van der Waals surface area (Å²) in [6.07, 6.45) is 1.50. The van der Waals surface area contributed by atoms with Gasteiger partial charge in [-0.1, -0.05) is 24.3 Å². The Morgan fingerprint density at radius 1 is 1.19 bits per heavy atom. The fraction of sp³-hybridized carbons (Fsp3) is 0.375. The lowest BCUT2D eigenvalue weighted by molar-refractivity contribution is 0.328. The smallest absolute Gasteiger partial charge is 0.242 e. The van der Waals surface area contributed by atoms with E-state index in [1.165, 1.54) is 17.5 Å². The fourth-order valence-electron chi connectivity index (χ4n) is 2.20. The first-order valence-electron chi connectivity index (χ1n) is 7.20. The Morgan fingerprint density at radius 2 is 1.95 bits per heavy atom. The van der Waals surface area contributed by atoms with Crippen molar-refractivity contribution < 1.29 is 4.74 Å². The van der Waals surface area contributed by atoms with Crippen LogP contribution in [0.25, 0.3) is 0 Å². The predicted molar refractivity (Wildman–Crippen MR) is 85.5 cm³/mol. The molecular formula is C16H22N4O. The third kappa shape index (κ3) is 3.42. The number of hydrogen-bond acceptors (Lipinski definition) is 5. The summed E-state index contributed by atoms with van der Waals surface area (Å²) < 4.78 is 5.44. The highest BCUT2D eigenvalue weighted by atomic mass is 16.5. The van der Waals surface area contributed by atoms with Gasteiger partial charge in [0.1, 0.15) is 12.0 Å². The minimum Gasteiger partial charge on any atom is -0.476 e. The van der Waals surface area contributed by atoms with Crippen molar-refractivity contribution in [3.05, 3.63) is 41.7 Å². The molecule has 0 fully saturated rings. The van der Waals surface area contributed by atoms with Crippen molar-refractivity contribution in [3.8, 4) is 5.88 Å². The van der Waals surface area contributed by atoms with Gasteiger partial charge in [-0.3, -0.25) is 0 Å². The molecule has 0 aliphatic carbocycles. The van der Waals surface area contributed by atoms with E-state index < -0.39 is 0 Å². The molecule has 0 aliphatic heterocycles. The van der Waals surface area contributed by atoms with E-state index >= 15 is 0 Å². The summed E-state index contributed by atoms with van der Waals surface area (Å²) in [4.78, 5) is 10.5. The zero-order valence-corrected chi connectivity index (χ0v) is 12.8. The van der Waals surface area contributed by atoms with E-state index in [9.17, 15) is 0 Å². The summed E-state index contributed by atoms with van der Waals surface area (Å²) in [7, 11) is 0. The molecular weight excluding hydrogens is 264 g/mol. The number of nitrogens with two attached hydrogens (primary N) is 1. The molecule has 0 aliphatic rings. The molecule has 2 aromatic rings. The van der Waals surface area contributed by atoms with E-state index in [0.717, 1.165) is 18.9 Å². The molecule has 0 radical (unpaired) electrons. The van der Waals surface area contributed by atoms with E-state index in [1.807, 2.05) is 19.1 Å². The van der Waals surface area contributed by atoms with Crippen molar-refractivity contribution in [1.82, 2.24) is 9.97 Å². The van der Waals surface area contributed by atoms with Crippen molar-refractivity contribution in [3.63, 3.8) is 0 Å². The molecule has 0 saturated heterocycles. The van der Waals surface area contributed by atoms with Crippen LogP contribution in [0.4, 0.5) is 11.5 Å². The Labute approximate surface area is 125 Å². The SMILES string of the molecule is CCOc1ncnc(N(CC)Cc2ccccc2C)c1N. The van der Waals surface area contributed by atoms with Gasteiger partial charge in [0.25, 0.3) is 0 Å². The summed E-state index contributed by atoms with van der Waals surface area (Å²) in [5.41, 5.74) is 9.16. The van der Waals surface area contributed by atoms with Crippen LogP contribution in [0.3, 0.4) is 0 Å². The van der Waals surface area contributed by atoms with Crippen LogP contribution in [-0.2, 0) is 6.54 Å². The van der Waals surface area contributed by atoms with Crippen molar-refractivity contribution >= 4 is 11.5 Å². The molecule has 2 rings (SSSR count). The molecule has 112 valence electrons. The third-order valence-corrected chi connectivity index (χ3v) is 3.41. The topological polar surface area (TPSA) is 64.3 Å². The van der Waals surface area contributed by atoms with Crippen LogP contribution in [0.5, 0.6) is 5.88 Å². The van der Waals surface area contributed by atoms with Gasteiger partial charge in [0, 0.05) is 13.1 Å². The van der Waals surface area contributed by atoms with E-state index in [2.05, 4.69) is 40.8 Å². The number of hydrogen-bond donors (Lipinski definition) is 1. The normalized spacial score (nSPS) is 10.4. The standard InChI is InChI=1S/C16H22N4O/c1-4-20(10-13-9-7-6-8-12(13)3)15-14(17)16(21-5-2)19-11-18-15/h6-9,11H,4-5,10,17H2,1-3H3. The second kappa shape index (κ2) is 6.92. The lowest BCUT2D eigenvalue weighted by Crippen LogP contribution is -2.25. The second-order valence-corrected chi connectivity index (χ2v) is 4.79. The third-order valence-electron chi connectivity index (χ3n) is 3.41. The molecule has 0 unspecified atom stereocenters. The first kappa shape index (κ1) is 15.1. The average Bonchev–Trinajstić information content (AvgIpc) is 2.49. The van der Waals surface area contributed by atoms with Crippen molar-refractivity contribution in [2.24, 2.45) is 0 Å². The number of rotatable bonds is 6. The van der Waals surface area contributed by atoms with Crippen LogP contribution in [0.2, 0.25) is 0 Å². The fourth-order valence-corrected chi connectivity index (χ4v) is 2.20. The molecule has 0 spiro atoms. The van der Waals surface area contributed by atoms with Gasteiger partial charge in [0.2, 0.25) is 5.88 Å².